The second kappa shape index (κ2) is 1.32. The van der Waals surface area contributed by atoms with Crippen LogP contribution in [0.15, 0.2) is 0 Å². The third-order valence-corrected chi connectivity index (χ3v) is 5.87. The average Bonchev–Trinajstić information content (AvgIpc) is 1.79. The molecule has 0 aromatic carbocycles. The summed E-state index contributed by atoms with van der Waals surface area (Å²) >= 11 is 0. The normalized spacial score (nSPS) is 38.0. The molecule has 1 unspecified atom stereocenters. The van der Waals surface area contributed by atoms with Crippen LogP contribution in [0, 0.1) is 0 Å². The van der Waals surface area contributed by atoms with Crippen molar-refractivity contribution in [3.63, 3.8) is 0 Å². The van der Waals surface area contributed by atoms with Crippen molar-refractivity contribution in [2.24, 2.45) is 0 Å². The average molecular weight is 123 g/mol. The molecule has 0 aliphatic carbocycles. The Morgan fingerprint density at radius 3 is 2.20 bits per heavy atom. The van der Waals surface area contributed by atoms with Crippen molar-refractivity contribution in [1.82, 2.24) is 0 Å². The topological polar surface area (TPSA) is 0 Å². The summed E-state index contributed by atoms with van der Waals surface area (Å²) in [5, 5.41) is 0. The predicted octanol–water partition coefficient (Wildman–Crippen LogP) is 1.94. The first-order valence-corrected chi connectivity index (χ1v) is 5.13. The standard InChI is InChI=1S/C2H4PS2/c1-2-4-5(2)3/h2H,1H3/q-1. The molecule has 0 spiro atoms. The maximum absolute atomic E-state index is 4.16. The van der Waals surface area contributed by atoms with E-state index in [4.69, 9.17) is 0 Å². The minimum atomic E-state index is 0.455. The van der Waals surface area contributed by atoms with Crippen molar-refractivity contribution in [3.05, 3.63) is 0 Å². The molecular formula is C2H4PS2-. The minimum absolute atomic E-state index is 0.455. The molecule has 1 heterocycles. The van der Waals surface area contributed by atoms with Gasteiger partial charge in [-0.25, -0.2) is 0 Å². The van der Waals surface area contributed by atoms with E-state index in [1.165, 1.54) is 0 Å². The van der Waals surface area contributed by atoms with Gasteiger partial charge in [-0.1, -0.05) is 0 Å². The Morgan fingerprint density at radius 1 is 2.00 bits per heavy atom. The number of rotatable bonds is 0. The first kappa shape index (κ1) is 4.29. The van der Waals surface area contributed by atoms with E-state index in [2.05, 4.69) is 14.7 Å². The molecule has 0 aromatic heterocycles. The molecule has 1 atom stereocenters. The summed E-state index contributed by atoms with van der Waals surface area (Å²) in [5.74, 6) is 0. The van der Waals surface area contributed by atoms with Gasteiger partial charge in [0.25, 0.3) is 0 Å². The molecule has 0 aromatic rings. The monoisotopic (exact) mass is 123 g/mol. The summed E-state index contributed by atoms with van der Waals surface area (Å²) in [6, 6.07) is 0. The summed E-state index contributed by atoms with van der Waals surface area (Å²) in [5.41, 5.74) is 0. The molecular weight excluding hydrogens is 119 g/mol. The van der Waals surface area contributed by atoms with Gasteiger partial charge in [0.1, 0.15) is 0 Å². The first-order valence-electron chi connectivity index (χ1n) is 1.40. The molecule has 0 amide bonds. The van der Waals surface area contributed by atoms with Crippen LogP contribution >= 0.6 is 18.6 Å². The van der Waals surface area contributed by atoms with E-state index in [1.807, 2.05) is 10.8 Å². The van der Waals surface area contributed by atoms with Gasteiger partial charge in [-0.2, -0.15) is 0 Å². The van der Waals surface area contributed by atoms with Crippen molar-refractivity contribution in [1.29, 1.82) is 0 Å². The molecule has 1 rings (SSSR count). The Kier molecular flexibility index (Phi) is 1.14. The molecule has 0 nitrogen and oxygen atoms in total. The van der Waals surface area contributed by atoms with E-state index < -0.39 is 0 Å². The molecule has 1 fully saturated rings. The first-order chi connectivity index (χ1) is 2.30. The third kappa shape index (κ3) is 0.989. The van der Waals surface area contributed by atoms with Crippen LogP contribution in [0.2, 0.25) is 0 Å². The second-order valence-corrected chi connectivity index (χ2v) is 6.97. The van der Waals surface area contributed by atoms with E-state index in [0.29, 0.717) is 8.90 Å². The van der Waals surface area contributed by atoms with Gasteiger partial charge >= 0.3 is 39.0 Å². The second-order valence-electron chi connectivity index (χ2n) is 0.940. The summed E-state index contributed by atoms with van der Waals surface area (Å²) in [6.07, 6.45) is 0. The van der Waals surface area contributed by atoms with Crippen LogP contribution in [-0.4, -0.2) is 4.58 Å². The number of hydrogen-bond acceptors (Lipinski definition) is 2. The summed E-state index contributed by atoms with van der Waals surface area (Å²) in [4.78, 5) is 0. The van der Waals surface area contributed by atoms with Crippen LogP contribution < -0.4 is 0 Å². The van der Waals surface area contributed by atoms with E-state index >= 15 is 0 Å². The Hall–Kier alpha value is 1.13. The molecule has 30 valence electrons. The van der Waals surface area contributed by atoms with Crippen molar-refractivity contribution in [3.8, 4) is 0 Å². The Bertz CT molecular complexity index is 100.0. The quantitative estimate of drug-likeness (QED) is 0.205. The Balaban J connectivity index is 2.58. The molecule has 1 aliphatic heterocycles. The van der Waals surface area contributed by atoms with Gasteiger partial charge < -0.3 is 0 Å². The van der Waals surface area contributed by atoms with Gasteiger partial charge in [0.05, 0.1) is 0 Å². The van der Waals surface area contributed by atoms with Gasteiger partial charge in [0, 0.05) is 0 Å². The fraction of sp³-hybridized carbons (Fsp3) is 1.00. The molecule has 1 aliphatic rings. The van der Waals surface area contributed by atoms with Gasteiger partial charge in [-0.15, -0.1) is 0 Å². The third-order valence-electron chi connectivity index (χ3n) is 0.480. The molecule has 3 heteroatoms. The fourth-order valence-corrected chi connectivity index (χ4v) is 3.08. The zero-order chi connectivity index (χ0) is 3.86. The molecule has 0 saturated carbocycles. The van der Waals surface area contributed by atoms with Crippen LogP contribution in [-0.2, 0) is 8.90 Å². The van der Waals surface area contributed by atoms with Crippen molar-refractivity contribution in [2.45, 2.75) is 11.5 Å². The van der Waals surface area contributed by atoms with Gasteiger partial charge in [-0.05, 0) is 0 Å². The molecule has 1 saturated heterocycles. The van der Waals surface area contributed by atoms with Gasteiger partial charge in [-0.3, -0.25) is 0 Å². The molecule has 5 heavy (non-hydrogen) atoms. The zero-order valence-electron chi connectivity index (χ0n) is 2.84. The summed E-state index contributed by atoms with van der Waals surface area (Å²) in [7, 11) is 6.56. The van der Waals surface area contributed by atoms with Crippen LogP contribution in [0.5, 0.6) is 0 Å². The van der Waals surface area contributed by atoms with E-state index in [9.17, 15) is 0 Å². The fourth-order valence-electron chi connectivity index (χ4n) is 0.116. The van der Waals surface area contributed by atoms with Gasteiger partial charge in [0.2, 0.25) is 0 Å². The van der Waals surface area contributed by atoms with Crippen molar-refractivity contribution < 1.29 is 0 Å². The van der Waals surface area contributed by atoms with Crippen molar-refractivity contribution in [2.75, 3.05) is 0 Å². The Morgan fingerprint density at radius 2 is 2.20 bits per heavy atom. The predicted molar refractivity (Wildman–Crippen MR) is 31.3 cm³/mol. The summed E-state index contributed by atoms with van der Waals surface area (Å²) in [6.45, 7) is 2.20. The SMILES string of the molecule is CC1S[S-]1#P. The van der Waals surface area contributed by atoms with Crippen LogP contribution in [0.25, 0.3) is 0 Å². The van der Waals surface area contributed by atoms with Crippen LogP contribution in [0.3, 0.4) is 0 Å². The molecule has 0 radical (unpaired) electrons. The van der Waals surface area contributed by atoms with E-state index in [-0.39, 0.29) is 0 Å². The number of hydrogen-bond donors (Lipinski definition) is 0. The van der Waals surface area contributed by atoms with Crippen LogP contribution in [0.1, 0.15) is 6.92 Å². The molecule has 0 bridgehead atoms. The summed E-state index contributed by atoms with van der Waals surface area (Å²) < 4.78 is 0.860. The van der Waals surface area contributed by atoms with E-state index in [0.717, 1.165) is 4.58 Å². The maximum atomic E-state index is 4.16. The zero-order valence-corrected chi connectivity index (χ0v) is 5.37. The van der Waals surface area contributed by atoms with Crippen LogP contribution in [0.4, 0.5) is 0 Å². The molecule has 0 N–H and O–H groups in total. The van der Waals surface area contributed by atoms with E-state index in [1.54, 1.807) is 0 Å². The van der Waals surface area contributed by atoms with Crippen molar-refractivity contribution >= 4 is 27.5 Å². The van der Waals surface area contributed by atoms with Gasteiger partial charge in [0.15, 0.2) is 0 Å². The Labute approximate surface area is 39.5 Å².